The molecule has 3 aliphatic heterocycles. The summed E-state index contributed by atoms with van der Waals surface area (Å²) >= 11 is 0. The Bertz CT molecular complexity index is 367. The van der Waals surface area contributed by atoms with E-state index < -0.39 is 0 Å². The summed E-state index contributed by atoms with van der Waals surface area (Å²) < 4.78 is 0. The lowest BCUT2D eigenvalue weighted by atomic mass is 9.84. The molecule has 0 saturated carbocycles. The second kappa shape index (κ2) is 4.10. The minimum Gasteiger partial charge on any atom is -0.381 e. The van der Waals surface area contributed by atoms with E-state index in [1.54, 1.807) is 0 Å². The number of rotatable bonds is 2. The van der Waals surface area contributed by atoms with E-state index in [0.717, 1.165) is 5.92 Å². The zero-order valence-corrected chi connectivity index (χ0v) is 9.95. The molecule has 1 N–H and O–H groups in total. The Hall–Kier alpha value is -1.02. The third-order valence-electron chi connectivity index (χ3n) is 4.14. The molecule has 0 amide bonds. The summed E-state index contributed by atoms with van der Waals surface area (Å²) in [5.74, 6) is 0.893. The lowest BCUT2D eigenvalue weighted by molar-refractivity contribution is 0.0975. The van der Waals surface area contributed by atoms with Gasteiger partial charge >= 0.3 is 0 Å². The number of fused-ring (bicyclic) bond motifs is 3. The molecule has 0 spiro atoms. The number of nitrogens with zero attached hydrogens (tertiary/aromatic N) is 1. The van der Waals surface area contributed by atoms with Gasteiger partial charge in [-0.2, -0.15) is 0 Å². The van der Waals surface area contributed by atoms with Crippen molar-refractivity contribution in [2.24, 2.45) is 5.92 Å². The highest BCUT2D eigenvalue weighted by atomic mass is 15.2. The van der Waals surface area contributed by atoms with Crippen LogP contribution in [0.1, 0.15) is 18.4 Å². The van der Waals surface area contributed by atoms with Crippen LogP contribution in [0.2, 0.25) is 0 Å². The van der Waals surface area contributed by atoms with Gasteiger partial charge in [0.05, 0.1) is 0 Å². The molecule has 3 aliphatic rings. The van der Waals surface area contributed by atoms with E-state index in [2.05, 4.69) is 41.4 Å². The largest absolute Gasteiger partial charge is 0.381 e. The van der Waals surface area contributed by atoms with Gasteiger partial charge < -0.3 is 10.2 Å². The highest BCUT2D eigenvalue weighted by Gasteiger charge is 2.33. The standard InChI is InChI=1S/C14H20N2/c1-11-4-2-3-5-13(11)15-14-10-16-8-6-12(14)7-9-16/h2-5,12,14-15H,6-10H2,1H3. The Morgan fingerprint density at radius 1 is 1.19 bits per heavy atom. The Morgan fingerprint density at radius 2 is 1.94 bits per heavy atom. The molecule has 1 aromatic carbocycles. The van der Waals surface area contributed by atoms with Crippen LogP contribution in [0.15, 0.2) is 24.3 Å². The number of aryl methyl sites for hydroxylation is 1. The van der Waals surface area contributed by atoms with Gasteiger partial charge in [-0.05, 0) is 50.4 Å². The highest BCUT2D eigenvalue weighted by Crippen LogP contribution is 2.30. The second-order valence-electron chi connectivity index (χ2n) is 5.20. The number of hydrogen-bond donors (Lipinski definition) is 1. The summed E-state index contributed by atoms with van der Waals surface area (Å²) in [6, 6.07) is 9.29. The van der Waals surface area contributed by atoms with Gasteiger partial charge in [0.2, 0.25) is 0 Å². The maximum Gasteiger partial charge on any atom is 0.0417 e. The van der Waals surface area contributed by atoms with Crippen LogP contribution in [0.4, 0.5) is 5.69 Å². The van der Waals surface area contributed by atoms with Gasteiger partial charge in [0.1, 0.15) is 0 Å². The summed E-state index contributed by atoms with van der Waals surface area (Å²) in [6.07, 6.45) is 2.76. The molecule has 16 heavy (non-hydrogen) atoms. The smallest absolute Gasteiger partial charge is 0.0417 e. The number of hydrogen-bond acceptors (Lipinski definition) is 2. The van der Waals surface area contributed by atoms with E-state index >= 15 is 0 Å². The molecule has 3 fully saturated rings. The predicted molar refractivity (Wildman–Crippen MR) is 67.8 cm³/mol. The van der Waals surface area contributed by atoms with Crippen molar-refractivity contribution in [3.05, 3.63) is 29.8 Å². The molecule has 2 nitrogen and oxygen atoms in total. The average molecular weight is 216 g/mol. The van der Waals surface area contributed by atoms with Crippen LogP contribution >= 0.6 is 0 Å². The molecule has 2 bridgehead atoms. The minimum absolute atomic E-state index is 0.670. The Kier molecular flexibility index (Phi) is 2.60. The van der Waals surface area contributed by atoms with Gasteiger partial charge in [0.15, 0.2) is 0 Å². The van der Waals surface area contributed by atoms with Crippen molar-refractivity contribution in [2.45, 2.75) is 25.8 Å². The van der Waals surface area contributed by atoms with E-state index in [1.807, 2.05) is 0 Å². The Labute approximate surface area is 97.6 Å². The van der Waals surface area contributed by atoms with E-state index in [0.29, 0.717) is 6.04 Å². The molecule has 1 unspecified atom stereocenters. The third kappa shape index (κ3) is 1.82. The fourth-order valence-electron chi connectivity index (χ4n) is 3.06. The minimum atomic E-state index is 0.670. The van der Waals surface area contributed by atoms with Crippen molar-refractivity contribution in [2.75, 3.05) is 25.0 Å². The molecule has 3 saturated heterocycles. The van der Waals surface area contributed by atoms with Gasteiger partial charge in [-0.25, -0.2) is 0 Å². The van der Waals surface area contributed by atoms with E-state index in [1.165, 1.54) is 43.7 Å². The summed E-state index contributed by atoms with van der Waals surface area (Å²) in [7, 11) is 0. The molecule has 3 heterocycles. The van der Waals surface area contributed by atoms with Crippen LogP contribution in [0.3, 0.4) is 0 Å². The Morgan fingerprint density at radius 3 is 2.56 bits per heavy atom. The van der Waals surface area contributed by atoms with Crippen molar-refractivity contribution in [1.82, 2.24) is 4.90 Å². The zero-order chi connectivity index (χ0) is 11.0. The molecule has 0 aliphatic carbocycles. The molecule has 1 aromatic rings. The van der Waals surface area contributed by atoms with Gasteiger partial charge in [0.25, 0.3) is 0 Å². The third-order valence-corrected chi connectivity index (χ3v) is 4.14. The fourth-order valence-corrected chi connectivity index (χ4v) is 3.06. The van der Waals surface area contributed by atoms with Crippen molar-refractivity contribution in [3.8, 4) is 0 Å². The molecule has 86 valence electrons. The molecule has 4 rings (SSSR count). The van der Waals surface area contributed by atoms with Crippen LogP contribution in [-0.2, 0) is 0 Å². The number of para-hydroxylation sites is 1. The van der Waals surface area contributed by atoms with Crippen LogP contribution in [0.25, 0.3) is 0 Å². The number of anilines is 1. The summed E-state index contributed by atoms with van der Waals surface area (Å²) in [6.45, 7) is 6.05. The van der Waals surface area contributed by atoms with E-state index in [9.17, 15) is 0 Å². The molecular weight excluding hydrogens is 196 g/mol. The zero-order valence-electron chi connectivity index (χ0n) is 9.95. The van der Waals surface area contributed by atoms with Gasteiger partial charge in [-0.1, -0.05) is 18.2 Å². The SMILES string of the molecule is Cc1ccccc1NC1CN2CCC1CC2. The van der Waals surface area contributed by atoms with E-state index in [4.69, 9.17) is 0 Å². The second-order valence-corrected chi connectivity index (χ2v) is 5.20. The van der Waals surface area contributed by atoms with Crippen molar-refractivity contribution < 1.29 is 0 Å². The van der Waals surface area contributed by atoms with Crippen LogP contribution in [0.5, 0.6) is 0 Å². The first-order valence-electron chi connectivity index (χ1n) is 6.37. The van der Waals surface area contributed by atoms with Gasteiger partial charge in [-0.15, -0.1) is 0 Å². The first-order chi connectivity index (χ1) is 7.83. The maximum absolute atomic E-state index is 3.74. The summed E-state index contributed by atoms with van der Waals surface area (Å²) in [5.41, 5.74) is 2.68. The number of nitrogens with one attached hydrogen (secondary N) is 1. The Balaban J connectivity index is 1.73. The molecule has 0 radical (unpaired) electrons. The molecular formula is C14H20N2. The number of benzene rings is 1. The highest BCUT2D eigenvalue weighted by molar-refractivity contribution is 5.51. The lowest BCUT2D eigenvalue weighted by Crippen LogP contribution is -2.53. The van der Waals surface area contributed by atoms with Gasteiger partial charge in [0, 0.05) is 18.3 Å². The maximum atomic E-state index is 3.74. The van der Waals surface area contributed by atoms with E-state index in [-0.39, 0.29) is 0 Å². The topological polar surface area (TPSA) is 15.3 Å². The fraction of sp³-hybridized carbons (Fsp3) is 0.571. The van der Waals surface area contributed by atoms with Gasteiger partial charge in [-0.3, -0.25) is 0 Å². The normalized spacial score (nSPS) is 32.7. The molecule has 1 atom stereocenters. The van der Waals surface area contributed by atoms with Crippen LogP contribution in [-0.4, -0.2) is 30.6 Å². The average Bonchev–Trinajstić information content (AvgIpc) is 2.34. The molecule has 0 aromatic heterocycles. The van der Waals surface area contributed by atoms with Crippen LogP contribution < -0.4 is 5.32 Å². The quantitative estimate of drug-likeness (QED) is 0.817. The lowest BCUT2D eigenvalue weighted by Gasteiger charge is -2.45. The predicted octanol–water partition coefficient (Wildman–Crippen LogP) is 2.50. The monoisotopic (exact) mass is 216 g/mol. The molecule has 2 heteroatoms. The van der Waals surface area contributed by atoms with Crippen molar-refractivity contribution in [1.29, 1.82) is 0 Å². The first kappa shape index (κ1) is 10.2. The summed E-state index contributed by atoms with van der Waals surface area (Å²) in [5, 5.41) is 3.74. The summed E-state index contributed by atoms with van der Waals surface area (Å²) in [4.78, 5) is 2.59. The number of piperidine rings is 3. The van der Waals surface area contributed by atoms with Crippen LogP contribution in [0, 0.1) is 12.8 Å². The first-order valence-corrected chi connectivity index (χ1v) is 6.37. The van der Waals surface area contributed by atoms with Crippen molar-refractivity contribution in [3.63, 3.8) is 0 Å². The van der Waals surface area contributed by atoms with Crippen molar-refractivity contribution >= 4 is 5.69 Å².